The highest BCUT2D eigenvalue weighted by Gasteiger charge is 2.45. The largest absolute Gasteiger partial charge is 0.481 e. The van der Waals surface area contributed by atoms with Crippen LogP contribution in [0.3, 0.4) is 0 Å². The zero-order valence-electron chi connectivity index (χ0n) is 16.7. The Hall–Kier alpha value is -1.67. The molecule has 0 radical (unpaired) electrons. The van der Waals surface area contributed by atoms with Gasteiger partial charge < -0.3 is 25.0 Å². The fourth-order valence-electron chi connectivity index (χ4n) is 4.46. The number of carbonyl (C=O) groups is 3. The van der Waals surface area contributed by atoms with E-state index in [2.05, 4.69) is 5.32 Å². The lowest BCUT2D eigenvalue weighted by molar-refractivity contribution is -0.147. The number of carbonyl (C=O) groups excluding carboxylic acids is 1. The number of methoxy groups -OCH3 is 1. The fraction of sp³-hybridized carbons (Fsp3) is 0.850. The number of hydrogen-bond donors (Lipinski definition) is 3. The Morgan fingerprint density at radius 1 is 1.07 bits per heavy atom. The minimum atomic E-state index is -0.946. The van der Waals surface area contributed by atoms with Crippen molar-refractivity contribution >= 4 is 17.8 Å². The lowest BCUT2D eigenvalue weighted by Crippen LogP contribution is -2.47. The Kier molecular flexibility index (Phi) is 8.69. The van der Waals surface area contributed by atoms with Crippen LogP contribution in [-0.2, 0) is 23.9 Å². The number of carboxylic acids is 2. The van der Waals surface area contributed by atoms with E-state index >= 15 is 0 Å². The van der Waals surface area contributed by atoms with E-state index in [1.807, 2.05) is 0 Å². The predicted molar refractivity (Wildman–Crippen MR) is 101 cm³/mol. The number of amides is 1. The van der Waals surface area contributed by atoms with Gasteiger partial charge in [0.1, 0.15) is 0 Å². The van der Waals surface area contributed by atoms with Gasteiger partial charge in [-0.05, 0) is 44.9 Å². The Morgan fingerprint density at radius 2 is 1.71 bits per heavy atom. The van der Waals surface area contributed by atoms with Crippen LogP contribution in [0.2, 0.25) is 0 Å². The quantitative estimate of drug-likeness (QED) is 0.455. The number of hydrogen-bond acceptors (Lipinski definition) is 5. The topological polar surface area (TPSA) is 122 Å². The van der Waals surface area contributed by atoms with E-state index in [0.717, 1.165) is 12.8 Å². The van der Waals surface area contributed by atoms with E-state index in [1.54, 1.807) is 7.11 Å². The lowest BCUT2D eigenvalue weighted by Gasteiger charge is -2.34. The van der Waals surface area contributed by atoms with E-state index in [9.17, 15) is 19.5 Å². The Bertz CT molecular complexity index is 537. The van der Waals surface area contributed by atoms with Crippen molar-refractivity contribution < 1.29 is 34.1 Å². The van der Waals surface area contributed by atoms with Crippen LogP contribution in [0.25, 0.3) is 0 Å². The zero-order chi connectivity index (χ0) is 20.6. The number of aliphatic carboxylic acids is 2. The van der Waals surface area contributed by atoms with Gasteiger partial charge in [0.05, 0.1) is 37.1 Å². The highest BCUT2D eigenvalue weighted by Crippen LogP contribution is 2.44. The third-order valence-electron chi connectivity index (χ3n) is 6.19. The highest BCUT2D eigenvalue weighted by molar-refractivity contribution is 5.84. The predicted octanol–water partition coefficient (Wildman–Crippen LogP) is 2.06. The average molecular weight is 399 g/mol. The average Bonchev–Trinajstić information content (AvgIpc) is 3.14. The summed E-state index contributed by atoms with van der Waals surface area (Å²) in [5, 5.41) is 21.8. The van der Waals surface area contributed by atoms with E-state index < -0.39 is 23.3 Å². The Morgan fingerprint density at radius 3 is 2.25 bits per heavy atom. The van der Waals surface area contributed by atoms with E-state index in [0.29, 0.717) is 51.7 Å². The number of nitrogens with one attached hydrogen (secondary N) is 1. The molecule has 160 valence electrons. The van der Waals surface area contributed by atoms with Crippen LogP contribution in [-0.4, -0.2) is 61.0 Å². The third kappa shape index (κ3) is 6.17. The lowest BCUT2D eigenvalue weighted by atomic mass is 9.76. The molecule has 8 nitrogen and oxygen atoms in total. The summed E-state index contributed by atoms with van der Waals surface area (Å²) in [6, 6.07) is -0.0261. The van der Waals surface area contributed by atoms with Crippen LogP contribution in [0.5, 0.6) is 0 Å². The summed E-state index contributed by atoms with van der Waals surface area (Å²) in [5.74, 6) is -2.85. The minimum Gasteiger partial charge on any atom is -0.481 e. The van der Waals surface area contributed by atoms with Crippen molar-refractivity contribution in [1.82, 2.24) is 5.32 Å². The van der Waals surface area contributed by atoms with Crippen LogP contribution < -0.4 is 5.32 Å². The van der Waals surface area contributed by atoms with E-state index in [4.69, 9.17) is 14.6 Å². The summed E-state index contributed by atoms with van der Waals surface area (Å²) in [7, 11) is 1.56. The number of ether oxygens (including phenoxy) is 2. The molecular weight excluding hydrogens is 366 g/mol. The maximum Gasteiger partial charge on any atom is 0.308 e. The molecule has 3 N–H and O–H groups in total. The van der Waals surface area contributed by atoms with Crippen molar-refractivity contribution in [3.63, 3.8) is 0 Å². The molecule has 0 aromatic rings. The molecule has 2 rings (SSSR count). The molecule has 1 amide bonds. The Labute approximate surface area is 166 Å². The molecule has 2 fully saturated rings. The van der Waals surface area contributed by atoms with Crippen LogP contribution in [0.4, 0.5) is 0 Å². The standard InChI is InChI=1S/C20H33NO7/c1-27-10-11-28-13-15(18(24)25)12-20(8-2-3-9-20)19(26)21-16-6-4-14(5-7-16)17(22)23/h14-16H,2-13H2,1H3,(H,21,26)(H,22,23)(H,24,25). The Balaban J connectivity index is 1.94. The summed E-state index contributed by atoms with van der Waals surface area (Å²) < 4.78 is 10.3. The van der Waals surface area contributed by atoms with E-state index in [-0.39, 0.29) is 30.9 Å². The van der Waals surface area contributed by atoms with Gasteiger partial charge in [-0.2, -0.15) is 0 Å². The first-order valence-corrected chi connectivity index (χ1v) is 10.2. The second kappa shape index (κ2) is 10.8. The highest BCUT2D eigenvalue weighted by atomic mass is 16.5. The molecule has 0 saturated heterocycles. The SMILES string of the molecule is COCCOCC(CC1(C(=O)NC2CCC(C(=O)O)CC2)CCCC1)C(=O)O. The van der Waals surface area contributed by atoms with Crippen LogP contribution in [0.15, 0.2) is 0 Å². The second-order valence-corrected chi connectivity index (χ2v) is 8.15. The number of carboxylic acid groups (broad SMARTS) is 2. The van der Waals surface area contributed by atoms with Gasteiger partial charge in [-0.1, -0.05) is 12.8 Å². The van der Waals surface area contributed by atoms with Gasteiger partial charge in [-0.15, -0.1) is 0 Å². The maximum atomic E-state index is 13.1. The van der Waals surface area contributed by atoms with Gasteiger partial charge in [-0.25, -0.2) is 0 Å². The van der Waals surface area contributed by atoms with Crippen LogP contribution >= 0.6 is 0 Å². The number of rotatable bonds is 11. The molecule has 0 aromatic carbocycles. The first kappa shape index (κ1) is 22.6. The van der Waals surface area contributed by atoms with Gasteiger partial charge in [-0.3, -0.25) is 14.4 Å². The molecule has 0 heterocycles. The molecule has 2 aliphatic carbocycles. The summed E-state index contributed by atoms with van der Waals surface area (Å²) in [4.78, 5) is 35.9. The summed E-state index contributed by atoms with van der Waals surface area (Å²) in [6.07, 6.45) is 5.91. The fourth-order valence-corrected chi connectivity index (χ4v) is 4.46. The summed E-state index contributed by atoms with van der Waals surface area (Å²) in [6.45, 7) is 0.792. The van der Waals surface area contributed by atoms with Crippen molar-refractivity contribution in [2.24, 2.45) is 17.3 Å². The molecule has 1 unspecified atom stereocenters. The molecule has 2 saturated carbocycles. The molecule has 0 aromatic heterocycles. The third-order valence-corrected chi connectivity index (χ3v) is 6.19. The van der Waals surface area contributed by atoms with Crippen molar-refractivity contribution in [2.45, 2.75) is 63.8 Å². The van der Waals surface area contributed by atoms with Crippen molar-refractivity contribution in [3.05, 3.63) is 0 Å². The molecule has 2 aliphatic rings. The van der Waals surface area contributed by atoms with Gasteiger partial charge in [0.15, 0.2) is 0 Å². The van der Waals surface area contributed by atoms with Crippen molar-refractivity contribution in [3.8, 4) is 0 Å². The molecule has 0 aliphatic heterocycles. The summed E-state index contributed by atoms with van der Waals surface area (Å²) >= 11 is 0. The molecule has 0 bridgehead atoms. The van der Waals surface area contributed by atoms with Gasteiger partial charge in [0, 0.05) is 13.2 Å². The first-order valence-electron chi connectivity index (χ1n) is 10.2. The molecular formula is C20H33NO7. The van der Waals surface area contributed by atoms with Gasteiger partial charge >= 0.3 is 11.9 Å². The first-order chi connectivity index (χ1) is 13.4. The van der Waals surface area contributed by atoms with Crippen LogP contribution in [0.1, 0.15) is 57.8 Å². The normalized spacial score (nSPS) is 25.2. The van der Waals surface area contributed by atoms with Crippen molar-refractivity contribution in [2.75, 3.05) is 26.9 Å². The van der Waals surface area contributed by atoms with Crippen LogP contribution in [0, 0.1) is 17.3 Å². The molecule has 1 atom stereocenters. The molecule has 8 heteroatoms. The maximum absolute atomic E-state index is 13.1. The second-order valence-electron chi connectivity index (χ2n) is 8.15. The minimum absolute atomic E-state index is 0.0261. The monoisotopic (exact) mass is 399 g/mol. The summed E-state index contributed by atoms with van der Waals surface area (Å²) in [5.41, 5.74) is -0.669. The van der Waals surface area contributed by atoms with Gasteiger partial charge in [0.25, 0.3) is 0 Å². The zero-order valence-corrected chi connectivity index (χ0v) is 16.7. The molecule has 0 spiro atoms. The van der Waals surface area contributed by atoms with E-state index in [1.165, 1.54) is 0 Å². The smallest absolute Gasteiger partial charge is 0.308 e. The van der Waals surface area contributed by atoms with Gasteiger partial charge in [0.2, 0.25) is 5.91 Å². The molecule has 28 heavy (non-hydrogen) atoms. The van der Waals surface area contributed by atoms with Crippen molar-refractivity contribution in [1.29, 1.82) is 0 Å².